The summed E-state index contributed by atoms with van der Waals surface area (Å²) in [5.74, 6) is -0.0767. The van der Waals surface area contributed by atoms with Crippen LogP contribution in [0.4, 0.5) is 5.69 Å². The molecule has 2 rings (SSSR count). The molecule has 0 radical (unpaired) electrons. The molecule has 2 N–H and O–H groups in total. The molecule has 1 unspecified atom stereocenters. The van der Waals surface area contributed by atoms with Crippen LogP contribution in [0.25, 0.3) is 0 Å². The van der Waals surface area contributed by atoms with Gasteiger partial charge in [-0.1, -0.05) is 30.7 Å². The lowest BCUT2D eigenvalue weighted by atomic mass is 10.1. The molecule has 2 amide bonds. The zero-order chi connectivity index (χ0) is 19.1. The maximum atomic E-state index is 12.5. The molecule has 0 saturated heterocycles. The van der Waals surface area contributed by atoms with E-state index in [2.05, 4.69) is 15.6 Å². The molecule has 0 bridgehead atoms. The van der Waals surface area contributed by atoms with E-state index in [1.54, 1.807) is 31.2 Å². The van der Waals surface area contributed by atoms with Crippen LogP contribution in [0.5, 0.6) is 5.88 Å². The number of aromatic nitrogens is 1. The minimum absolute atomic E-state index is 0.0472. The fourth-order valence-electron chi connectivity index (χ4n) is 2.26. The summed E-state index contributed by atoms with van der Waals surface area (Å²) in [7, 11) is 0. The van der Waals surface area contributed by atoms with Gasteiger partial charge < -0.3 is 15.4 Å². The van der Waals surface area contributed by atoms with E-state index in [0.717, 1.165) is 5.56 Å². The molecule has 1 aromatic carbocycles. The number of anilines is 1. The number of pyridine rings is 1. The van der Waals surface area contributed by atoms with E-state index in [-0.39, 0.29) is 28.6 Å². The van der Waals surface area contributed by atoms with Gasteiger partial charge in [0.25, 0.3) is 5.91 Å². The predicted octanol–water partition coefficient (Wildman–Crippen LogP) is 3.97. The van der Waals surface area contributed by atoms with Crippen LogP contribution >= 0.6 is 11.6 Å². The Bertz CT molecular complexity index is 778. The molecule has 0 aliphatic carbocycles. The van der Waals surface area contributed by atoms with Crippen LogP contribution in [0.3, 0.4) is 0 Å². The van der Waals surface area contributed by atoms with Crippen molar-refractivity contribution in [1.82, 2.24) is 10.3 Å². The Hall–Kier alpha value is -2.60. The number of amides is 2. The third kappa shape index (κ3) is 5.20. The fourth-order valence-corrected chi connectivity index (χ4v) is 2.46. The number of nitrogens with one attached hydrogen (secondary N) is 2. The van der Waals surface area contributed by atoms with Gasteiger partial charge in [-0.05, 0) is 37.6 Å². The smallest absolute Gasteiger partial charge is 0.272 e. The Morgan fingerprint density at radius 2 is 1.85 bits per heavy atom. The summed E-state index contributed by atoms with van der Waals surface area (Å²) in [6.07, 6.45) is 0.419. The largest absolute Gasteiger partial charge is 0.478 e. The van der Waals surface area contributed by atoms with Gasteiger partial charge in [-0.25, -0.2) is 4.98 Å². The monoisotopic (exact) mass is 375 g/mol. The Labute approximate surface area is 157 Å². The Morgan fingerprint density at radius 1 is 1.15 bits per heavy atom. The van der Waals surface area contributed by atoms with Crippen LogP contribution in [-0.2, 0) is 4.79 Å². The number of hydrogen-bond donors (Lipinski definition) is 2. The fraction of sp³-hybridized carbons (Fsp3) is 0.316. The van der Waals surface area contributed by atoms with Gasteiger partial charge in [0.1, 0.15) is 0 Å². The number of nitrogens with zero attached hydrogens (tertiary/aromatic N) is 1. The lowest BCUT2D eigenvalue weighted by Gasteiger charge is -2.15. The first kappa shape index (κ1) is 19.7. The highest BCUT2D eigenvalue weighted by atomic mass is 35.5. The van der Waals surface area contributed by atoms with E-state index in [1.165, 1.54) is 0 Å². The molecule has 2 aromatic rings. The maximum absolute atomic E-state index is 12.5. The SMILES string of the molecule is CCOc1ccc(Cl)c(C(=O)NC(C)c2ccc(NC(=O)CC)cc2)n1. The number of benzene rings is 1. The number of carbonyl (C=O) groups excluding carboxylic acids is 2. The van der Waals surface area contributed by atoms with Crippen molar-refractivity contribution in [2.24, 2.45) is 0 Å². The topological polar surface area (TPSA) is 80.3 Å². The quantitative estimate of drug-likeness (QED) is 0.767. The summed E-state index contributed by atoms with van der Waals surface area (Å²) in [6, 6.07) is 10.2. The normalized spacial score (nSPS) is 11.5. The van der Waals surface area contributed by atoms with E-state index in [1.807, 2.05) is 26.0 Å². The highest BCUT2D eigenvalue weighted by Gasteiger charge is 2.17. The van der Waals surface area contributed by atoms with Crippen LogP contribution in [0.2, 0.25) is 5.02 Å². The maximum Gasteiger partial charge on any atom is 0.272 e. The van der Waals surface area contributed by atoms with Gasteiger partial charge in [-0.2, -0.15) is 0 Å². The predicted molar refractivity (Wildman–Crippen MR) is 102 cm³/mol. The molecule has 138 valence electrons. The van der Waals surface area contributed by atoms with Crippen molar-refractivity contribution in [3.8, 4) is 5.88 Å². The first-order valence-electron chi connectivity index (χ1n) is 8.44. The second-order valence-corrected chi connectivity index (χ2v) is 6.04. The Balaban J connectivity index is 2.07. The lowest BCUT2D eigenvalue weighted by Crippen LogP contribution is -2.27. The van der Waals surface area contributed by atoms with Gasteiger partial charge in [-0.3, -0.25) is 9.59 Å². The van der Waals surface area contributed by atoms with Crippen LogP contribution in [-0.4, -0.2) is 23.4 Å². The van der Waals surface area contributed by atoms with Crippen molar-refractivity contribution in [2.75, 3.05) is 11.9 Å². The number of ether oxygens (including phenoxy) is 1. The van der Waals surface area contributed by atoms with Gasteiger partial charge in [-0.15, -0.1) is 0 Å². The van der Waals surface area contributed by atoms with Gasteiger partial charge in [0.15, 0.2) is 5.69 Å². The van der Waals surface area contributed by atoms with E-state index in [4.69, 9.17) is 16.3 Å². The van der Waals surface area contributed by atoms with Crippen LogP contribution < -0.4 is 15.4 Å². The van der Waals surface area contributed by atoms with Crippen molar-refractivity contribution in [3.05, 3.63) is 52.7 Å². The third-order valence-electron chi connectivity index (χ3n) is 3.69. The molecule has 0 spiro atoms. The van der Waals surface area contributed by atoms with Crippen molar-refractivity contribution >= 4 is 29.1 Å². The highest BCUT2D eigenvalue weighted by molar-refractivity contribution is 6.33. The van der Waals surface area contributed by atoms with Crippen molar-refractivity contribution < 1.29 is 14.3 Å². The summed E-state index contributed by atoms with van der Waals surface area (Å²) < 4.78 is 5.31. The lowest BCUT2D eigenvalue weighted by molar-refractivity contribution is -0.115. The third-order valence-corrected chi connectivity index (χ3v) is 4.00. The van der Waals surface area contributed by atoms with Gasteiger partial charge >= 0.3 is 0 Å². The molecule has 0 fully saturated rings. The number of rotatable bonds is 7. The molecule has 26 heavy (non-hydrogen) atoms. The van der Waals surface area contributed by atoms with Crippen LogP contribution in [0.15, 0.2) is 36.4 Å². The second-order valence-electron chi connectivity index (χ2n) is 5.63. The van der Waals surface area contributed by atoms with E-state index in [0.29, 0.717) is 24.6 Å². The van der Waals surface area contributed by atoms with E-state index in [9.17, 15) is 9.59 Å². The highest BCUT2D eigenvalue weighted by Crippen LogP contribution is 2.20. The average Bonchev–Trinajstić information content (AvgIpc) is 2.63. The number of carbonyl (C=O) groups is 2. The summed E-state index contributed by atoms with van der Waals surface area (Å²) in [5.41, 5.74) is 1.73. The molecule has 1 heterocycles. The molecule has 1 aromatic heterocycles. The molecule has 0 aliphatic heterocycles. The van der Waals surface area contributed by atoms with E-state index < -0.39 is 0 Å². The summed E-state index contributed by atoms with van der Waals surface area (Å²) in [5, 5.41) is 5.91. The second kappa shape index (κ2) is 9.20. The molecular weight excluding hydrogens is 354 g/mol. The summed E-state index contributed by atoms with van der Waals surface area (Å²) >= 11 is 6.08. The van der Waals surface area contributed by atoms with Crippen LogP contribution in [0, 0.1) is 0 Å². The molecule has 1 atom stereocenters. The average molecular weight is 376 g/mol. The molecular formula is C19H22ClN3O3. The minimum atomic E-state index is -0.382. The van der Waals surface area contributed by atoms with E-state index >= 15 is 0 Å². The molecule has 0 aliphatic rings. The summed E-state index contributed by atoms with van der Waals surface area (Å²) in [6.45, 7) is 5.94. The van der Waals surface area contributed by atoms with Crippen molar-refractivity contribution in [3.63, 3.8) is 0 Å². The zero-order valence-electron chi connectivity index (χ0n) is 15.0. The minimum Gasteiger partial charge on any atom is -0.478 e. The Morgan fingerprint density at radius 3 is 2.46 bits per heavy atom. The van der Waals surface area contributed by atoms with Gasteiger partial charge in [0, 0.05) is 18.2 Å². The van der Waals surface area contributed by atoms with Crippen LogP contribution in [0.1, 0.15) is 49.3 Å². The van der Waals surface area contributed by atoms with Gasteiger partial charge in [0.2, 0.25) is 11.8 Å². The first-order chi connectivity index (χ1) is 12.4. The number of hydrogen-bond acceptors (Lipinski definition) is 4. The summed E-state index contributed by atoms with van der Waals surface area (Å²) in [4.78, 5) is 28.0. The first-order valence-corrected chi connectivity index (χ1v) is 8.82. The van der Waals surface area contributed by atoms with Gasteiger partial charge in [0.05, 0.1) is 17.7 Å². The standard InChI is InChI=1S/C19H22ClN3O3/c1-4-16(24)22-14-8-6-13(7-9-14)12(3)21-19(25)18-15(20)10-11-17(23-18)26-5-2/h6-12H,4-5H2,1-3H3,(H,21,25)(H,22,24). The Kier molecular flexibility index (Phi) is 6.97. The zero-order valence-corrected chi connectivity index (χ0v) is 15.8. The van der Waals surface area contributed by atoms with Crippen molar-refractivity contribution in [2.45, 2.75) is 33.2 Å². The number of halogens is 1. The van der Waals surface area contributed by atoms with Crippen molar-refractivity contribution in [1.29, 1.82) is 0 Å². The molecule has 0 saturated carbocycles. The molecule has 6 nitrogen and oxygen atoms in total. The molecule has 7 heteroatoms.